The number of hydrogen-bond acceptors (Lipinski definition) is 3. The van der Waals surface area contributed by atoms with E-state index in [-0.39, 0.29) is 28.0 Å². The summed E-state index contributed by atoms with van der Waals surface area (Å²) in [7, 11) is -3.72. The van der Waals surface area contributed by atoms with Gasteiger partial charge in [-0.05, 0) is 37.0 Å². The molecular formula is C14H22FNO3S. The van der Waals surface area contributed by atoms with E-state index in [1.54, 1.807) is 0 Å². The Morgan fingerprint density at radius 1 is 1.35 bits per heavy atom. The van der Waals surface area contributed by atoms with Gasteiger partial charge in [-0.3, -0.25) is 0 Å². The predicted molar refractivity (Wildman–Crippen MR) is 76.3 cm³/mol. The van der Waals surface area contributed by atoms with E-state index in [9.17, 15) is 12.8 Å². The molecule has 0 aromatic heterocycles. The summed E-state index contributed by atoms with van der Waals surface area (Å²) in [5.41, 5.74) is 0.192. The van der Waals surface area contributed by atoms with Gasteiger partial charge in [-0.1, -0.05) is 20.8 Å². The third kappa shape index (κ3) is 3.77. The molecule has 6 heteroatoms. The molecule has 0 bridgehead atoms. The summed E-state index contributed by atoms with van der Waals surface area (Å²) in [5.74, 6) is -0.406. The number of hydrogen-bond donors (Lipinski definition) is 2. The highest BCUT2D eigenvalue weighted by Gasteiger charge is 2.23. The van der Waals surface area contributed by atoms with Crippen LogP contribution in [0.15, 0.2) is 17.0 Å². The lowest BCUT2D eigenvalue weighted by molar-refractivity contribution is 0.275. The van der Waals surface area contributed by atoms with Crippen LogP contribution in [-0.2, 0) is 16.6 Å². The fourth-order valence-electron chi connectivity index (χ4n) is 2.04. The molecule has 114 valence electrons. The minimum Gasteiger partial charge on any atom is -0.392 e. The van der Waals surface area contributed by atoms with Crippen molar-refractivity contribution < 1.29 is 17.9 Å². The number of aliphatic hydroxyl groups is 1. The number of nitrogens with one attached hydrogen (secondary N) is 1. The van der Waals surface area contributed by atoms with Gasteiger partial charge in [0.25, 0.3) is 0 Å². The molecule has 0 aliphatic heterocycles. The van der Waals surface area contributed by atoms with Gasteiger partial charge in [-0.25, -0.2) is 17.5 Å². The summed E-state index contributed by atoms with van der Waals surface area (Å²) < 4.78 is 40.9. The average molecular weight is 303 g/mol. The summed E-state index contributed by atoms with van der Waals surface area (Å²) in [5, 5.41) is 9.09. The topological polar surface area (TPSA) is 66.4 Å². The predicted octanol–water partition coefficient (Wildman–Crippen LogP) is 2.34. The molecule has 0 aliphatic rings. The SMILES string of the molecule is CCC(NS(=O)(=O)c1cc(C)c(F)c(CO)c1)C(C)C. The summed E-state index contributed by atoms with van der Waals surface area (Å²) >= 11 is 0. The van der Waals surface area contributed by atoms with Crippen molar-refractivity contribution in [3.05, 3.63) is 29.1 Å². The molecule has 0 radical (unpaired) electrons. The van der Waals surface area contributed by atoms with Crippen molar-refractivity contribution in [3.8, 4) is 0 Å². The molecule has 1 aromatic rings. The second-order valence-electron chi connectivity index (χ2n) is 5.25. The Morgan fingerprint density at radius 3 is 2.40 bits per heavy atom. The Labute approximate surface area is 120 Å². The Bertz CT molecular complexity index is 570. The zero-order valence-electron chi connectivity index (χ0n) is 12.3. The summed E-state index contributed by atoms with van der Waals surface area (Å²) in [6.07, 6.45) is 0.671. The van der Waals surface area contributed by atoms with Crippen LogP contribution in [0.1, 0.15) is 38.3 Å². The number of aryl methyl sites for hydroxylation is 1. The van der Waals surface area contributed by atoms with Crippen LogP contribution in [0, 0.1) is 18.7 Å². The largest absolute Gasteiger partial charge is 0.392 e. The van der Waals surface area contributed by atoms with E-state index in [0.717, 1.165) is 0 Å². The van der Waals surface area contributed by atoms with Crippen molar-refractivity contribution in [2.24, 2.45) is 5.92 Å². The van der Waals surface area contributed by atoms with Gasteiger partial charge in [0.15, 0.2) is 0 Å². The molecule has 1 atom stereocenters. The molecule has 0 heterocycles. The molecule has 0 fully saturated rings. The van der Waals surface area contributed by atoms with Crippen molar-refractivity contribution >= 4 is 10.0 Å². The van der Waals surface area contributed by atoms with Crippen molar-refractivity contribution in [1.29, 1.82) is 0 Å². The molecule has 1 unspecified atom stereocenters. The molecule has 0 spiro atoms. The molecule has 0 aliphatic carbocycles. The zero-order valence-corrected chi connectivity index (χ0v) is 13.1. The maximum absolute atomic E-state index is 13.7. The van der Waals surface area contributed by atoms with Gasteiger partial charge in [-0.15, -0.1) is 0 Å². The fraction of sp³-hybridized carbons (Fsp3) is 0.571. The molecule has 1 rings (SSSR count). The molecular weight excluding hydrogens is 281 g/mol. The van der Waals surface area contributed by atoms with Crippen LogP contribution in [-0.4, -0.2) is 19.6 Å². The quantitative estimate of drug-likeness (QED) is 0.847. The Balaban J connectivity index is 3.19. The van der Waals surface area contributed by atoms with E-state index in [2.05, 4.69) is 4.72 Å². The van der Waals surface area contributed by atoms with Gasteiger partial charge in [0.05, 0.1) is 11.5 Å². The van der Waals surface area contributed by atoms with Crippen molar-refractivity contribution in [2.45, 2.75) is 51.7 Å². The fourth-order valence-corrected chi connectivity index (χ4v) is 3.64. The molecule has 4 nitrogen and oxygen atoms in total. The van der Waals surface area contributed by atoms with Gasteiger partial charge in [0, 0.05) is 11.6 Å². The summed E-state index contributed by atoms with van der Waals surface area (Å²) in [4.78, 5) is -0.0143. The molecule has 0 saturated heterocycles. The lowest BCUT2D eigenvalue weighted by Gasteiger charge is -2.21. The zero-order chi connectivity index (χ0) is 15.5. The summed E-state index contributed by atoms with van der Waals surface area (Å²) in [6, 6.07) is 2.28. The van der Waals surface area contributed by atoms with Gasteiger partial charge in [-0.2, -0.15) is 0 Å². The van der Waals surface area contributed by atoms with E-state index in [4.69, 9.17) is 5.11 Å². The lowest BCUT2D eigenvalue weighted by Crippen LogP contribution is -2.38. The third-order valence-electron chi connectivity index (χ3n) is 3.34. The van der Waals surface area contributed by atoms with Crippen LogP contribution >= 0.6 is 0 Å². The monoisotopic (exact) mass is 303 g/mol. The minimum atomic E-state index is -3.72. The first kappa shape index (κ1) is 17.1. The van der Waals surface area contributed by atoms with Gasteiger partial charge in [0.2, 0.25) is 10.0 Å². The highest BCUT2D eigenvalue weighted by molar-refractivity contribution is 7.89. The number of benzene rings is 1. The Morgan fingerprint density at radius 2 is 1.95 bits per heavy atom. The number of aliphatic hydroxyl groups excluding tert-OH is 1. The second-order valence-corrected chi connectivity index (χ2v) is 6.97. The number of rotatable bonds is 6. The van der Waals surface area contributed by atoms with Crippen LogP contribution in [0.3, 0.4) is 0 Å². The van der Waals surface area contributed by atoms with Crippen LogP contribution in [0.2, 0.25) is 0 Å². The standard InChI is InChI=1S/C14H22FNO3S/c1-5-13(9(2)3)16-20(18,19)12-6-10(4)14(15)11(7-12)8-17/h6-7,9,13,16-17H,5,8H2,1-4H3. The third-order valence-corrected chi connectivity index (χ3v) is 4.80. The second kappa shape index (κ2) is 6.65. The van der Waals surface area contributed by atoms with Crippen molar-refractivity contribution in [3.63, 3.8) is 0 Å². The normalized spacial score (nSPS) is 13.8. The van der Waals surface area contributed by atoms with Gasteiger partial charge >= 0.3 is 0 Å². The van der Waals surface area contributed by atoms with E-state index in [1.165, 1.54) is 19.1 Å². The molecule has 20 heavy (non-hydrogen) atoms. The molecule has 0 amide bonds. The first-order valence-electron chi connectivity index (χ1n) is 6.65. The first-order valence-corrected chi connectivity index (χ1v) is 8.13. The maximum Gasteiger partial charge on any atom is 0.240 e. The Hall–Kier alpha value is -0.980. The highest BCUT2D eigenvalue weighted by atomic mass is 32.2. The van der Waals surface area contributed by atoms with Crippen LogP contribution in [0.5, 0.6) is 0 Å². The summed E-state index contributed by atoms with van der Waals surface area (Å²) in [6.45, 7) is 6.73. The average Bonchev–Trinajstić information content (AvgIpc) is 2.38. The van der Waals surface area contributed by atoms with E-state index in [1.807, 2.05) is 20.8 Å². The number of sulfonamides is 1. The van der Waals surface area contributed by atoms with Crippen molar-refractivity contribution in [2.75, 3.05) is 0 Å². The van der Waals surface area contributed by atoms with Crippen LogP contribution < -0.4 is 4.72 Å². The first-order chi connectivity index (χ1) is 9.22. The lowest BCUT2D eigenvalue weighted by atomic mass is 10.0. The molecule has 1 aromatic carbocycles. The Kier molecular flexibility index (Phi) is 5.68. The van der Waals surface area contributed by atoms with E-state index in [0.29, 0.717) is 6.42 Å². The van der Waals surface area contributed by atoms with Gasteiger partial charge < -0.3 is 5.11 Å². The van der Waals surface area contributed by atoms with Crippen molar-refractivity contribution in [1.82, 2.24) is 4.72 Å². The smallest absolute Gasteiger partial charge is 0.240 e. The highest BCUT2D eigenvalue weighted by Crippen LogP contribution is 2.20. The van der Waals surface area contributed by atoms with E-state index >= 15 is 0 Å². The van der Waals surface area contributed by atoms with Gasteiger partial charge in [0.1, 0.15) is 5.82 Å². The molecule has 2 N–H and O–H groups in total. The maximum atomic E-state index is 13.7. The molecule has 0 saturated carbocycles. The van der Waals surface area contributed by atoms with Crippen LogP contribution in [0.25, 0.3) is 0 Å². The van der Waals surface area contributed by atoms with Crippen LogP contribution in [0.4, 0.5) is 4.39 Å². The number of halogens is 1. The minimum absolute atomic E-state index is 0.0111. The van der Waals surface area contributed by atoms with E-state index < -0.39 is 22.4 Å².